The van der Waals surface area contributed by atoms with Gasteiger partial charge in [-0.15, -0.1) is 0 Å². The summed E-state index contributed by atoms with van der Waals surface area (Å²) in [4.78, 5) is 16.6. The van der Waals surface area contributed by atoms with Crippen molar-refractivity contribution in [3.05, 3.63) is 42.2 Å². The minimum absolute atomic E-state index is 0.230. The summed E-state index contributed by atoms with van der Waals surface area (Å²) in [7, 11) is 1.64. The molecule has 1 saturated carbocycles. The lowest BCUT2D eigenvalue weighted by Gasteiger charge is -2.41. The lowest BCUT2D eigenvalue weighted by atomic mass is 9.87. The standard InChI is InChI=1S/C26H32N8O/c1-16(2)23-24(18-11-22(35-3)26-29-15-30-34(26)14-18)31-32-25(23)21-13-27-20(12-28-21)17-7-9-33(10-8-17)19-5-4-6-19/h11-17,19H,4-10H2,1-3H3,(H,31,32). The number of hydrogen-bond donors (Lipinski definition) is 1. The third-order valence-electron chi connectivity index (χ3n) is 7.68. The SMILES string of the molecule is COc1cc(-c2[nH]nc(-c3cnc(C4CCN(C5CCC5)CC4)cn3)c2C(C)C)cn2ncnc12. The number of H-pyrrole nitrogens is 1. The molecule has 1 N–H and O–H groups in total. The molecule has 5 heterocycles. The minimum Gasteiger partial charge on any atom is -0.493 e. The van der Waals surface area contributed by atoms with Crippen molar-refractivity contribution in [2.45, 2.75) is 63.8 Å². The van der Waals surface area contributed by atoms with Gasteiger partial charge in [-0.1, -0.05) is 20.3 Å². The fourth-order valence-corrected chi connectivity index (χ4v) is 5.49. The number of pyridine rings is 1. The van der Waals surface area contributed by atoms with Crippen LogP contribution < -0.4 is 4.74 Å². The molecule has 2 fully saturated rings. The lowest BCUT2D eigenvalue weighted by molar-refractivity contribution is 0.0969. The van der Waals surface area contributed by atoms with E-state index in [2.05, 4.69) is 39.0 Å². The van der Waals surface area contributed by atoms with Gasteiger partial charge >= 0.3 is 0 Å². The Balaban J connectivity index is 1.27. The average Bonchev–Trinajstić information content (AvgIpc) is 3.50. The number of ether oxygens (including phenoxy) is 1. The average molecular weight is 473 g/mol. The first-order valence-electron chi connectivity index (χ1n) is 12.6. The van der Waals surface area contributed by atoms with Crippen LogP contribution in [0.1, 0.15) is 69.0 Å². The zero-order valence-electron chi connectivity index (χ0n) is 20.6. The van der Waals surface area contributed by atoms with Crippen molar-refractivity contribution in [1.82, 2.24) is 39.7 Å². The lowest BCUT2D eigenvalue weighted by Crippen LogP contribution is -2.44. The molecule has 1 aliphatic carbocycles. The Morgan fingerprint density at radius 3 is 2.54 bits per heavy atom. The monoisotopic (exact) mass is 472 g/mol. The molecule has 0 aromatic carbocycles. The number of nitrogens with one attached hydrogen (secondary N) is 1. The Hall–Kier alpha value is -3.33. The number of nitrogens with zero attached hydrogens (tertiary/aromatic N) is 7. The maximum absolute atomic E-state index is 5.56. The first-order valence-corrected chi connectivity index (χ1v) is 12.6. The number of likely N-dealkylation sites (tertiary alicyclic amines) is 1. The molecular formula is C26H32N8O. The van der Waals surface area contributed by atoms with Gasteiger partial charge < -0.3 is 9.64 Å². The van der Waals surface area contributed by atoms with Crippen LogP contribution in [0.3, 0.4) is 0 Å². The molecule has 0 spiro atoms. The van der Waals surface area contributed by atoms with Crippen LogP contribution in [0.2, 0.25) is 0 Å². The predicted molar refractivity (Wildman–Crippen MR) is 133 cm³/mol. The van der Waals surface area contributed by atoms with E-state index in [9.17, 15) is 0 Å². The van der Waals surface area contributed by atoms with Crippen LogP contribution in [0.5, 0.6) is 5.75 Å². The maximum atomic E-state index is 5.56. The number of fused-ring (bicyclic) bond motifs is 1. The molecule has 9 heteroatoms. The molecule has 0 amide bonds. The normalized spacial score (nSPS) is 17.8. The van der Waals surface area contributed by atoms with E-state index >= 15 is 0 Å². The number of hydrogen-bond acceptors (Lipinski definition) is 7. The molecule has 1 saturated heterocycles. The van der Waals surface area contributed by atoms with Crippen molar-refractivity contribution in [3.63, 3.8) is 0 Å². The minimum atomic E-state index is 0.230. The number of rotatable bonds is 6. The zero-order valence-corrected chi connectivity index (χ0v) is 20.6. The van der Waals surface area contributed by atoms with E-state index in [0.717, 1.165) is 39.9 Å². The van der Waals surface area contributed by atoms with Crippen LogP contribution in [0.25, 0.3) is 28.3 Å². The second kappa shape index (κ2) is 9.03. The molecule has 4 aromatic heterocycles. The fraction of sp³-hybridized carbons (Fsp3) is 0.500. The van der Waals surface area contributed by atoms with Crippen molar-refractivity contribution in [2.24, 2.45) is 0 Å². The first kappa shape index (κ1) is 22.2. The van der Waals surface area contributed by atoms with Crippen LogP contribution in [0.15, 0.2) is 31.0 Å². The summed E-state index contributed by atoms with van der Waals surface area (Å²) in [6.07, 6.45) is 13.8. The van der Waals surface area contributed by atoms with Crippen molar-refractivity contribution in [3.8, 4) is 28.4 Å². The Morgan fingerprint density at radius 1 is 1.06 bits per heavy atom. The molecule has 6 rings (SSSR count). The Labute approximate surface area is 205 Å². The van der Waals surface area contributed by atoms with Gasteiger partial charge in [0.15, 0.2) is 11.4 Å². The predicted octanol–water partition coefficient (Wildman–Crippen LogP) is 4.44. The molecule has 0 radical (unpaired) electrons. The van der Waals surface area contributed by atoms with Crippen LogP contribution in [0.4, 0.5) is 0 Å². The third-order valence-corrected chi connectivity index (χ3v) is 7.68. The number of aromatic amines is 1. The molecular weight excluding hydrogens is 440 g/mol. The molecule has 35 heavy (non-hydrogen) atoms. The van der Waals surface area contributed by atoms with Crippen LogP contribution in [-0.2, 0) is 0 Å². The first-order chi connectivity index (χ1) is 17.1. The van der Waals surface area contributed by atoms with Gasteiger partial charge in [0, 0.05) is 35.5 Å². The van der Waals surface area contributed by atoms with Gasteiger partial charge in [0.1, 0.15) is 17.7 Å². The largest absolute Gasteiger partial charge is 0.493 e. The van der Waals surface area contributed by atoms with Crippen molar-refractivity contribution >= 4 is 5.65 Å². The summed E-state index contributed by atoms with van der Waals surface area (Å²) in [6.45, 7) is 6.69. The van der Waals surface area contributed by atoms with Crippen LogP contribution >= 0.6 is 0 Å². The number of piperidine rings is 1. The Morgan fingerprint density at radius 2 is 1.89 bits per heavy atom. The van der Waals surface area contributed by atoms with E-state index in [0.29, 0.717) is 17.3 Å². The summed E-state index contributed by atoms with van der Waals surface area (Å²) in [5.41, 5.74) is 6.38. The van der Waals surface area contributed by atoms with E-state index in [4.69, 9.17) is 14.7 Å². The topological polar surface area (TPSA) is 97.1 Å². The van der Waals surface area contributed by atoms with Gasteiger partial charge in [-0.2, -0.15) is 10.2 Å². The van der Waals surface area contributed by atoms with Gasteiger partial charge in [-0.05, 0) is 50.8 Å². The summed E-state index contributed by atoms with van der Waals surface area (Å²) < 4.78 is 7.28. The highest BCUT2D eigenvalue weighted by molar-refractivity contribution is 5.75. The number of methoxy groups -OCH3 is 1. The van der Waals surface area contributed by atoms with Gasteiger partial charge in [0.2, 0.25) is 0 Å². The van der Waals surface area contributed by atoms with Gasteiger partial charge in [0.25, 0.3) is 0 Å². The van der Waals surface area contributed by atoms with Crippen LogP contribution in [0, 0.1) is 0 Å². The van der Waals surface area contributed by atoms with Crippen LogP contribution in [-0.4, -0.2) is 65.9 Å². The smallest absolute Gasteiger partial charge is 0.197 e. The van der Waals surface area contributed by atoms with E-state index in [1.54, 1.807) is 11.6 Å². The molecule has 0 unspecified atom stereocenters. The fourth-order valence-electron chi connectivity index (χ4n) is 5.49. The second-order valence-electron chi connectivity index (χ2n) is 10.1. The molecule has 0 atom stereocenters. The summed E-state index contributed by atoms with van der Waals surface area (Å²) >= 11 is 0. The van der Waals surface area contributed by atoms with E-state index in [1.807, 2.05) is 24.7 Å². The van der Waals surface area contributed by atoms with Gasteiger partial charge in [-0.3, -0.25) is 15.1 Å². The molecule has 9 nitrogen and oxygen atoms in total. The summed E-state index contributed by atoms with van der Waals surface area (Å²) in [5, 5.41) is 12.2. The highest BCUT2D eigenvalue weighted by Crippen LogP contribution is 2.37. The van der Waals surface area contributed by atoms with E-state index < -0.39 is 0 Å². The van der Waals surface area contributed by atoms with E-state index in [-0.39, 0.29) is 5.92 Å². The Bertz CT molecular complexity index is 1310. The molecule has 182 valence electrons. The van der Waals surface area contributed by atoms with Gasteiger partial charge in [-0.25, -0.2) is 9.50 Å². The highest BCUT2D eigenvalue weighted by Gasteiger charge is 2.30. The second-order valence-corrected chi connectivity index (χ2v) is 10.1. The zero-order chi connectivity index (χ0) is 23.9. The summed E-state index contributed by atoms with van der Waals surface area (Å²) in [5.74, 6) is 1.39. The van der Waals surface area contributed by atoms with Gasteiger partial charge in [0.05, 0.1) is 24.7 Å². The molecule has 0 bridgehead atoms. The quantitative estimate of drug-likeness (QED) is 0.443. The highest BCUT2D eigenvalue weighted by atomic mass is 16.5. The van der Waals surface area contributed by atoms with E-state index in [1.165, 1.54) is 51.5 Å². The molecule has 1 aliphatic heterocycles. The van der Waals surface area contributed by atoms with Crippen molar-refractivity contribution in [1.29, 1.82) is 0 Å². The molecule has 2 aliphatic rings. The van der Waals surface area contributed by atoms with Crippen molar-refractivity contribution in [2.75, 3.05) is 20.2 Å². The van der Waals surface area contributed by atoms with Crippen molar-refractivity contribution < 1.29 is 4.74 Å². The maximum Gasteiger partial charge on any atom is 0.197 e. The third kappa shape index (κ3) is 3.97. The Kier molecular flexibility index (Phi) is 5.72. The number of aromatic nitrogens is 7. The summed E-state index contributed by atoms with van der Waals surface area (Å²) in [6, 6.07) is 2.80. The molecule has 4 aromatic rings.